The number of halogens is 1. The molecular weight excluding hydrogens is 357 g/mol. The molecule has 0 spiro atoms. The summed E-state index contributed by atoms with van der Waals surface area (Å²) in [6, 6.07) is 10.5. The third-order valence-electron chi connectivity index (χ3n) is 4.71. The first-order chi connectivity index (χ1) is 13.8. The summed E-state index contributed by atoms with van der Waals surface area (Å²) in [7, 11) is 0. The second kappa shape index (κ2) is 8.60. The maximum atomic E-state index is 13.7. The molecule has 1 fully saturated rings. The molecule has 144 valence electrons. The summed E-state index contributed by atoms with van der Waals surface area (Å²) in [4.78, 5) is 21.9. The van der Waals surface area contributed by atoms with Gasteiger partial charge in [0.15, 0.2) is 0 Å². The van der Waals surface area contributed by atoms with Gasteiger partial charge in [0.25, 0.3) is 0 Å². The molecule has 1 aliphatic rings. The highest BCUT2D eigenvalue weighted by atomic mass is 19.1. The minimum atomic E-state index is -0.181. The zero-order chi connectivity index (χ0) is 19.2. The van der Waals surface area contributed by atoms with Gasteiger partial charge in [0.1, 0.15) is 11.6 Å². The summed E-state index contributed by atoms with van der Waals surface area (Å²) in [5.41, 5.74) is 0.686. The Morgan fingerprint density at radius 1 is 0.857 bits per heavy atom. The van der Waals surface area contributed by atoms with Crippen LogP contribution in [0, 0.1) is 5.82 Å². The molecule has 28 heavy (non-hydrogen) atoms. The molecule has 0 unspecified atom stereocenters. The minimum Gasteiger partial charge on any atom is -0.354 e. The summed E-state index contributed by atoms with van der Waals surface area (Å²) in [6.07, 6.45) is 5.85. The molecule has 3 aromatic rings. The van der Waals surface area contributed by atoms with E-state index in [1.165, 1.54) is 6.07 Å². The topological polar surface area (TPSA) is 70.1 Å². The largest absolute Gasteiger partial charge is 0.354 e. The van der Waals surface area contributed by atoms with Gasteiger partial charge in [0, 0.05) is 51.3 Å². The van der Waals surface area contributed by atoms with E-state index in [-0.39, 0.29) is 5.82 Å². The van der Waals surface area contributed by atoms with E-state index in [1.54, 1.807) is 30.7 Å². The predicted molar refractivity (Wildman–Crippen MR) is 107 cm³/mol. The Kier molecular flexibility index (Phi) is 5.56. The summed E-state index contributed by atoms with van der Waals surface area (Å²) in [5, 5.41) is 3.19. The zero-order valence-electron chi connectivity index (χ0n) is 15.5. The second-order valence-electron chi connectivity index (χ2n) is 6.53. The van der Waals surface area contributed by atoms with Crippen molar-refractivity contribution < 1.29 is 4.39 Å². The number of piperazine rings is 1. The van der Waals surface area contributed by atoms with Gasteiger partial charge in [-0.1, -0.05) is 18.2 Å². The lowest BCUT2D eigenvalue weighted by Crippen LogP contribution is -2.47. The first-order valence-corrected chi connectivity index (χ1v) is 9.37. The van der Waals surface area contributed by atoms with Crippen molar-refractivity contribution in [1.29, 1.82) is 0 Å². The quantitative estimate of drug-likeness (QED) is 0.705. The Morgan fingerprint density at radius 3 is 2.39 bits per heavy atom. The van der Waals surface area contributed by atoms with Crippen LogP contribution in [0.25, 0.3) is 0 Å². The summed E-state index contributed by atoms with van der Waals surface area (Å²) in [5.74, 6) is 2.03. The number of nitrogens with one attached hydrogen (secondary N) is 1. The number of benzene rings is 1. The maximum absolute atomic E-state index is 13.7. The van der Waals surface area contributed by atoms with Crippen LogP contribution < -0.4 is 15.1 Å². The lowest BCUT2D eigenvalue weighted by atomic mass is 10.1. The van der Waals surface area contributed by atoms with Crippen LogP contribution in [0.4, 0.5) is 22.1 Å². The lowest BCUT2D eigenvalue weighted by molar-refractivity contribution is 0.610. The molecule has 8 heteroatoms. The molecule has 2 aromatic heterocycles. The fourth-order valence-electron chi connectivity index (χ4n) is 3.21. The van der Waals surface area contributed by atoms with Crippen molar-refractivity contribution in [3.63, 3.8) is 0 Å². The van der Waals surface area contributed by atoms with E-state index >= 15 is 0 Å². The first-order valence-electron chi connectivity index (χ1n) is 9.37. The molecule has 0 saturated carbocycles. The van der Waals surface area contributed by atoms with Crippen LogP contribution in [0.2, 0.25) is 0 Å². The van der Waals surface area contributed by atoms with Crippen molar-refractivity contribution in [2.24, 2.45) is 0 Å². The smallest absolute Gasteiger partial charge is 0.225 e. The Morgan fingerprint density at radius 2 is 1.61 bits per heavy atom. The van der Waals surface area contributed by atoms with Crippen LogP contribution in [0.5, 0.6) is 0 Å². The standard InChI is InChI=1S/C20H22FN7/c21-17-5-2-1-4-16(17)6-10-22-19-23-11-7-18(26-19)27-12-14-28(15-13-27)20-24-8-3-9-25-20/h1-5,7-9,11H,6,10,12-15H2,(H,22,23,26). The van der Waals surface area contributed by atoms with Gasteiger partial charge in [0.2, 0.25) is 11.9 Å². The molecule has 1 N–H and O–H groups in total. The van der Waals surface area contributed by atoms with E-state index in [4.69, 9.17) is 0 Å². The van der Waals surface area contributed by atoms with Crippen molar-refractivity contribution in [3.05, 3.63) is 66.4 Å². The Labute approximate surface area is 163 Å². The van der Waals surface area contributed by atoms with Gasteiger partial charge in [-0.25, -0.2) is 19.3 Å². The molecular formula is C20H22FN7. The highest BCUT2D eigenvalue weighted by Gasteiger charge is 2.20. The molecule has 0 aliphatic carbocycles. The van der Waals surface area contributed by atoms with Crippen LogP contribution in [0.3, 0.4) is 0 Å². The van der Waals surface area contributed by atoms with E-state index < -0.39 is 0 Å². The molecule has 0 bridgehead atoms. The molecule has 1 aliphatic heterocycles. The van der Waals surface area contributed by atoms with E-state index in [2.05, 4.69) is 35.1 Å². The second-order valence-corrected chi connectivity index (χ2v) is 6.53. The normalized spacial score (nSPS) is 14.2. The predicted octanol–water partition coefficient (Wildman–Crippen LogP) is 2.39. The zero-order valence-corrected chi connectivity index (χ0v) is 15.5. The minimum absolute atomic E-state index is 0.181. The van der Waals surface area contributed by atoms with Crippen molar-refractivity contribution >= 4 is 17.7 Å². The Hall–Kier alpha value is -3.29. The van der Waals surface area contributed by atoms with Gasteiger partial charge >= 0.3 is 0 Å². The van der Waals surface area contributed by atoms with Crippen molar-refractivity contribution in [3.8, 4) is 0 Å². The van der Waals surface area contributed by atoms with E-state index in [0.717, 1.165) is 37.9 Å². The Bertz CT molecular complexity index is 898. The molecule has 0 radical (unpaired) electrons. The SMILES string of the molecule is Fc1ccccc1CCNc1nccc(N2CCN(c3ncccn3)CC2)n1. The van der Waals surface area contributed by atoms with Crippen LogP contribution in [0.1, 0.15) is 5.56 Å². The van der Waals surface area contributed by atoms with Gasteiger partial charge in [-0.05, 0) is 30.2 Å². The van der Waals surface area contributed by atoms with Crippen molar-refractivity contribution in [2.45, 2.75) is 6.42 Å². The molecule has 3 heterocycles. The van der Waals surface area contributed by atoms with E-state index in [0.29, 0.717) is 24.5 Å². The van der Waals surface area contributed by atoms with Gasteiger partial charge in [0.05, 0.1) is 0 Å². The van der Waals surface area contributed by atoms with Crippen LogP contribution >= 0.6 is 0 Å². The third kappa shape index (κ3) is 4.33. The van der Waals surface area contributed by atoms with Crippen LogP contribution in [-0.4, -0.2) is 52.7 Å². The van der Waals surface area contributed by atoms with Gasteiger partial charge in [-0.15, -0.1) is 0 Å². The number of hydrogen-bond donors (Lipinski definition) is 1. The first kappa shape index (κ1) is 18.1. The number of aromatic nitrogens is 4. The monoisotopic (exact) mass is 379 g/mol. The fraction of sp³-hybridized carbons (Fsp3) is 0.300. The molecule has 1 aromatic carbocycles. The van der Waals surface area contributed by atoms with Gasteiger partial charge in [-0.3, -0.25) is 0 Å². The fourth-order valence-corrected chi connectivity index (χ4v) is 3.21. The average Bonchev–Trinajstić information content (AvgIpc) is 2.76. The van der Waals surface area contributed by atoms with E-state index in [9.17, 15) is 4.39 Å². The molecule has 7 nitrogen and oxygen atoms in total. The van der Waals surface area contributed by atoms with Gasteiger partial charge in [-0.2, -0.15) is 4.98 Å². The molecule has 4 rings (SSSR count). The number of nitrogens with zero attached hydrogens (tertiary/aromatic N) is 6. The Balaban J connectivity index is 1.32. The third-order valence-corrected chi connectivity index (χ3v) is 4.71. The van der Waals surface area contributed by atoms with Gasteiger partial charge < -0.3 is 15.1 Å². The molecule has 0 atom stereocenters. The summed E-state index contributed by atoms with van der Waals surface area (Å²) < 4.78 is 13.7. The summed E-state index contributed by atoms with van der Waals surface area (Å²) >= 11 is 0. The van der Waals surface area contributed by atoms with Crippen molar-refractivity contribution in [2.75, 3.05) is 47.8 Å². The molecule has 0 amide bonds. The average molecular weight is 379 g/mol. The lowest BCUT2D eigenvalue weighted by Gasteiger charge is -2.35. The van der Waals surface area contributed by atoms with E-state index in [1.807, 2.05) is 18.2 Å². The van der Waals surface area contributed by atoms with Crippen LogP contribution in [-0.2, 0) is 6.42 Å². The number of hydrogen-bond acceptors (Lipinski definition) is 7. The number of rotatable bonds is 6. The highest BCUT2D eigenvalue weighted by molar-refractivity contribution is 5.45. The highest BCUT2D eigenvalue weighted by Crippen LogP contribution is 2.17. The summed E-state index contributed by atoms with van der Waals surface area (Å²) in [6.45, 7) is 3.92. The van der Waals surface area contributed by atoms with Crippen LogP contribution in [0.15, 0.2) is 55.0 Å². The van der Waals surface area contributed by atoms with Crippen molar-refractivity contribution in [1.82, 2.24) is 19.9 Å². The number of anilines is 3. The maximum Gasteiger partial charge on any atom is 0.225 e. The molecule has 1 saturated heterocycles.